The van der Waals surface area contributed by atoms with Gasteiger partial charge in [0.2, 0.25) is 0 Å². The van der Waals surface area contributed by atoms with Crippen LogP contribution < -0.4 is 0 Å². The predicted octanol–water partition coefficient (Wildman–Crippen LogP) is 3.39. The highest BCUT2D eigenvalue weighted by Gasteiger charge is 2.09. The van der Waals surface area contributed by atoms with Crippen molar-refractivity contribution in [2.45, 2.75) is 4.43 Å². The molecule has 86 valence electrons. The second kappa shape index (κ2) is 5.35. The van der Waals surface area contributed by atoms with Gasteiger partial charge in [-0.05, 0) is 35.9 Å². The zero-order chi connectivity index (χ0) is 12.3. The summed E-state index contributed by atoms with van der Waals surface area (Å²) in [6.07, 6.45) is 3.26. The topological polar surface area (TPSA) is 30.0 Å². The summed E-state index contributed by atoms with van der Waals surface area (Å²) >= 11 is 2.21. The van der Waals surface area contributed by atoms with E-state index in [0.29, 0.717) is 11.1 Å². The number of ketones is 1. The molecule has 17 heavy (non-hydrogen) atoms. The van der Waals surface area contributed by atoms with Crippen LogP contribution in [0.1, 0.15) is 21.5 Å². The number of carbonyl (C=O) groups excluding carboxylic acids is 1. The Morgan fingerprint density at radius 2 is 1.88 bits per heavy atom. The first-order chi connectivity index (χ1) is 8.20. The number of benzene rings is 1. The highest BCUT2D eigenvalue weighted by atomic mass is 127. The van der Waals surface area contributed by atoms with E-state index >= 15 is 0 Å². The van der Waals surface area contributed by atoms with Gasteiger partial charge in [-0.15, -0.1) is 0 Å². The Morgan fingerprint density at radius 1 is 1.18 bits per heavy atom. The number of carbonyl (C=O) groups is 1. The number of alkyl halides is 1. The second-order valence-electron chi connectivity index (χ2n) is 3.55. The van der Waals surface area contributed by atoms with Gasteiger partial charge in [-0.3, -0.25) is 9.78 Å². The van der Waals surface area contributed by atoms with Gasteiger partial charge in [0.1, 0.15) is 5.82 Å². The molecule has 0 aliphatic heterocycles. The van der Waals surface area contributed by atoms with Crippen molar-refractivity contribution in [1.29, 1.82) is 0 Å². The normalized spacial score (nSPS) is 10.2. The van der Waals surface area contributed by atoms with Gasteiger partial charge in [0, 0.05) is 27.9 Å². The molecule has 0 aliphatic carbocycles. The van der Waals surface area contributed by atoms with Gasteiger partial charge in [0.15, 0.2) is 5.78 Å². The molecule has 1 aromatic heterocycles. The molecule has 0 N–H and O–H groups in total. The van der Waals surface area contributed by atoms with Gasteiger partial charge < -0.3 is 0 Å². The van der Waals surface area contributed by atoms with Crippen molar-refractivity contribution >= 4 is 28.4 Å². The SMILES string of the molecule is O=C(c1ccc(F)cc1)c1cncc(CI)c1. The standard InChI is InChI=1S/C13H9FINO/c14-12-3-1-10(2-4-12)13(17)11-5-9(6-15)7-16-8-11/h1-5,7-8H,6H2. The molecule has 1 aromatic carbocycles. The maximum Gasteiger partial charge on any atom is 0.194 e. The first-order valence-corrected chi connectivity index (χ1v) is 6.53. The highest BCUT2D eigenvalue weighted by Crippen LogP contribution is 2.13. The molecular formula is C13H9FINO. The van der Waals surface area contributed by atoms with E-state index in [0.717, 1.165) is 9.99 Å². The quantitative estimate of drug-likeness (QED) is 0.487. The van der Waals surface area contributed by atoms with Gasteiger partial charge in [0.05, 0.1) is 0 Å². The minimum atomic E-state index is -0.347. The van der Waals surface area contributed by atoms with E-state index in [4.69, 9.17) is 0 Å². The lowest BCUT2D eigenvalue weighted by Crippen LogP contribution is -2.02. The van der Waals surface area contributed by atoms with Crippen molar-refractivity contribution in [2.75, 3.05) is 0 Å². The predicted molar refractivity (Wildman–Crippen MR) is 71.8 cm³/mol. The molecule has 0 aliphatic rings. The Balaban J connectivity index is 2.33. The molecule has 4 heteroatoms. The number of hydrogen-bond acceptors (Lipinski definition) is 2. The van der Waals surface area contributed by atoms with Crippen LogP contribution in [0.25, 0.3) is 0 Å². The number of nitrogens with zero attached hydrogens (tertiary/aromatic N) is 1. The fraction of sp³-hybridized carbons (Fsp3) is 0.0769. The van der Waals surface area contributed by atoms with E-state index < -0.39 is 0 Å². The fourth-order valence-electron chi connectivity index (χ4n) is 1.45. The van der Waals surface area contributed by atoms with Gasteiger partial charge in [0.25, 0.3) is 0 Å². The smallest absolute Gasteiger partial charge is 0.194 e. The summed E-state index contributed by atoms with van der Waals surface area (Å²) in [4.78, 5) is 16.1. The Kier molecular flexibility index (Phi) is 3.83. The molecule has 0 amide bonds. The van der Waals surface area contributed by atoms with E-state index in [-0.39, 0.29) is 11.6 Å². The van der Waals surface area contributed by atoms with Gasteiger partial charge in [-0.1, -0.05) is 22.6 Å². The van der Waals surface area contributed by atoms with Gasteiger partial charge in [-0.25, -0.2) is 4.39 Å². The average molecular weight is 341 g/mol. The first-order valence-electron chi connectivity index (χ1n) is 5.01. The molecule has 0 radical (unpaired) electrons. The molecule has 0 spiro atoms. The summed E-state index contributed by atoms with van der Waals surface area (Å²) in [5.41, 5.74) is 2.00. The van der Waals surface area contributed by atoms with Crippen molar-refractivity contribution < 1.29 is 9.18 Å². The van der Waals surface area contributed by atoms with E-state index in [9.17, 15) is 9.18 Å². The molecule has 0 atom stereocenters. The Hall–Kier alpha value is -1.30. The third-order valence-electron chi connectivity index (χ3n) is 2.32. The summed E-state index contributed by atoms with van der Waals surface area (Å²) in [6, 6.07) is 7.33. The number of rotatable bonds is 3. The highest BCUT2D eigenvalue weighted by molar-refractivity contribution is 14.1. The van der Waals surface area contributed by atoms with Crippen LogP contribution in [0.2, 0.25) is 0 Å². The number of aromatic nitrogens is 1. The number of halogens is 2. The zero-order valence-electron chi connectivity index (χ0n) is 8.86. The zero-order valence-corrected chi connectivity index (χ0v) is 11.0. The summed E-state index contributed by atoms with van der Waals surface area (Å²) in [5, 5.41) is 0. The molecule has 2 aromatic rings. The number of pyridine rings is 1. The molecule has 1 heterocycles. The van der Waals surface area contributed by atoms with Crippen LogP contribution in [0.4, 0.5) is 4.39 Å². The monoisotopic (exact) mass is 341 g/mol. The van der Waals surface area contributed by atoms with Crippen molar-refractivity contribution in [3.63, 3.8) is 0 Å². The molecule has 2 rings (SSSR count). The molecule has 0 unspecified atom stereocenters. The average Bonchev–Trinajstić information content (AvgIpc) is 2.39. The first kappa shape index (κ1) is 12.2. The van der Waals surface area contributed by atoms with Crippen LogP contribution in [0.3, 0.4) is 0 Å². The Labute approximate surface area is 112 Å². The lowest BCUT2D eigenvalue weighted by Gasteiger charge is -2.02. The van der Waals surface area contributed by atoms with Crippen LogP contribution in [0.15, 0.2) is 42.7 Å². The maximum absolute atomic E-state index is 12.7. The molecule has 0 saturated heterocycles. The summed E-state index contributed by atoms with van der Waals surface area (Å²) < 4.78 is 13.5. The van der Waals surface area contributed by atoms with Crippen molar-refractivity contribution in [3.8, 4) is 0 Å². The van der Waals surface area contributed by atoms with E-state index in [1.807, 2.05) is 6.07 Å². The lowest BCUT2D eigenvalue weighted by molar-refractivity contribution is 0.103. The Morgan fingerprint density at radius 3 is 2.53 bits per heavy atom. The number of hydrogen-bond donors (Lipinski definition) is 0. The van der Waals surface area contributed by atoms with Crippen LogP contribution in [0.5, 0.6) is 0 Å². The fourth-order valence-corrected chi connectivity index (χ4v) is 1.87. The van der Waals surface area contributed by atoms with Crippen LogP contribution >= 0.6 is 22.6 Å². The molecule has 0 bridgehead atoms. The van der Waals surface area contributed by atoms with Crippen LogP contribution in [-0.4, -0.2) is 10.8 Å². The van der Waals surface area contributed by atoms with Crippen LogP contribution in [0, 0.1) is 5.82 Å². The molecule has 2 nitrogen and oxygen atoms in total. The van der Waals surface area contributed by atoms with Crippen molar-refractivity contribution in [2.24, 2.45) is 0 Å². The minimum Gasteiger partial charge on any atom is -0.289 e. The minimum absolute atomic E-state index is 0.135. The third-order valence-corrected chi connectivity index (χ3v) is 3.20. The van der Waals surface area contributed by atoms with Crippen molar-refractivity contribution in [3.05, 3.63) is 65.2 Å². The lowest BCUT2D eigenvalue weighted by atomic mass is 10.0. The van der Waals surface area contributed by atoms with Crippen LogP contribution in [-0.2, 0) is 4.43 Å². The van der Waals surface area contributed by atoms with E-state index in [1.165, 1.54) is 30.5 Å². The van der Waals surface area contributed by atoms with Crippen molar-refractivity contribution in [1.82, 2.24) is 4.98 Å². The summed E-state index contributed by atoms with van der Waals surface area (Å²) in [7, 11) is 0. The van der Waals surface area contributed by atoms with E-state index in [1.54, 1.807) is 6.20 Å². The van der Waals surface area contributed by atoms with E-state index in [2.05, 4.69) is 27.6 Å². The second-order valence-corrected chi connectivity index (χ2v) is 4.31. The largest absolute Gasteiger partial charge is 0.289 e. The molecule has 0 fully saturated rings. The summed E-state index contributed by atoms with van der Waals surface area (Å²) in [6.45, 7) is 0. The molecule has 0 saturated carbocycles. The Bertz CT molecular complexity index is 539. The van der Waals surface area contributed by atoms with Gasteiger partial charge >= 0.3 is 0 Å². The third kappa shape index (κ3) is 2.88. The van der Waals surface area contributed by atoms with Gasteiger partial charge in [-0.2, -0.15) is 0 Å². The molecular weight excluding hydrogens is 332 g/mol. The summed E-state index contributed by atoms with van der Waals surface area (Å²) in [5.74, 6) is -0.482. The maximum atomic E-state index is 12.7.